The molecule has 0 unspecified atom stereocenters. The van der Waals surface area contributed by atoms with Gasteiger partial charge in [0.2, 0.25) is 0 Å². The van der Waals surface area contributed by atoms with E-state index in [4.69, 9.17) is 46.4 Å². The van der Waals surface area contributed by atoms with Gasteiger partial charge in [0.25, 0.3) is 20.0 Å². The Balaban J connectivity index is 1.79. The van der Waals surface area contributed by atoms with Crippen LogP contribution in [0.3, 0.4) is 0 Å². The molecule has 11 heteroatoms. The minimum Gasteiger partial charge on any atom is -0.206 e. The number of nitrogens with one attached hydrogen (secondary N) is 1. The maximum Gasteiger partial charge on any atom is 0.255 e. The molecule has 0 atom stereocenters. The number of halogens is 4. The molecular weight excluding hydrogens is 668 g/mol. The van der Waals surface area contributed by atoms with E-state index < -0.39 is 20.0 Å². The number of sulfonamides is 2. The Morgan fingerprint density at radius 3 is 1.19 bits per heavy atom. The fraction of sp³-hybridized carbons (Fsp3) is 0. The van der Waals surface area contributed by atoms with Crippen LogP contribution in [-0.2, 0) is 20.0 Å². The highest BCUT2D eigenvalue weighted by Gasteiger charge is 2.40. The van der Waals surface area contributed by atoms with Crippen LogP contribution in [0.1, 0.15) is 0 Å². The van der Waals surface area contributed by atoms with Gasteiger partial charge < -0.3 is 0 Å². The minimum absolute atomic E-state index is 0.210. The van der Waals surface area contributed by atoms with E-state index >= 15 is 0 Å². The van der Waals surface area contributed by atoms with Gasteiger partial charge in [-0.1, -0.05) is 94.9 Å². The number of hydrogen-bond acceptors (Lipinski definition) is 4. The summed E-state index contributed by atoms with van der Waals surface area (Å²) in [5, 5.41) is 3.64. The molecule has 0 saturated heterocycles. The van der Waals surface area contributed by atoms with E-state index in [-0.39, 0.29) is 32.0 Å². The van der Waals surface area contributed by atoms with Crippen molar-refractivity contribution in [3.05, 3.63) is 117 Å². The molecule has 0 aromatic heterocycles. The lowest BCUT2D eigenvalue weighted by Gasteiger charge is -2.20. The highest BCUT2D eigenvalue weighted by atomic mass is 35.5. The van der Waals surface area contributed by atoms with Crippen LogP contribution in [0.25, 0.3) is 54.9 Å². The fourth-order valence-electron chi connectivity index (χ4n) is 5.79. The van der Waals surface area contributed by atoms with E-state index in [1.54, 1.807) is 60.7 Å². The van der Waals surface area contributed by atoms with Gasteiger partial charge in [-0.2, -0.15) is 0 Å². The second-order valence-corrected chi connectivity index (χ2v) is 15.3. The molecule has 0 spiro atoms. The van der Waals surface area contributed by atoms with Crippen molar-refractivity contribution in [1.29, 1.82) is 0 Å². The first-order valence-electron chi connectivity index (χ1n) is 12.8. The van der Waals surface area contributed by atoms with Crippen molar-refractivity contribution in [1.82, 2.24) is 4.13 Å². The van der Waals surface area contributed by atoms with Crippen LogP contribution < -0.4 is 4.13 Å². The number of hydrogen-bond donors (Lipinski definition) is 1. The summed E-state index contributed by atoms with van der Waals surface area (Å²) in [5.74, 6) is 0. The summed E-state index contributed by atoms with van der Waals surface area (Å²) in [4.78, 5) is -0.420. The predicted octanol–water partition coefficient (Wildman–Crippen LogP) is 9.59. The van der Waals surface area contributed by atoms with Gasteiger partial charge in [-0.25, -0.2) is 16.8 Å². The molecule has 0 radical (unpaired) electrons. The first-order chi connectivity index (χ1) is 20.4. The molecule has 0 saturated carbocycles. The van der Waals surface area contributed by atoms with Crippen molar-refractivity contribution < 1.29 is 16.8 Å². The Hall–Kier alpha value is -3.14. The van der Waals surface area contributed by atoms with Gasteiger partial charge in [0.1, 0.15) is 0 Å². The predicted molar refractivity (Wildman–Crippen MR) is 175 cm³/mol. The fourth-order valence-corrected chi connectivity index (χ4v) is 10.6. The Morgan fingerprint density at radius 2 is 0.814 bits per heavy atom. The zero-order valence-corrected chi connectivity index (χ0v) is 26.4. The second-order valence-electron chi connectivity index (χ2n) is 10.1. The largest absolute Gasteiger partial charge is 0.255 e. The molecule has 1 N–H and O–H groups in total. The van der Waals surface area contributed by atoms with Gasteiger partial charge in [-0.05, 0) is 81.2 Å². The van der Waals surface area contributed by atoms with Crippen LogP contribution in [0, 0.1) is 0 Å². The molecular formula is C32H17Cl4NO4S2. The Labute approximate surface area is 267 Å². The molecule has 0 fully saturated rings. The van der Waals surface area contributed by atoms with Crippen molar-refractivity contribution in [2.75, 3.05) is 0 Å². The van der Waals surface area contributed by atoms with Gasteiger partial charge in [0.15, 0.2) is 0 Å². The quantitative estimate of drug-likeness (QED) is 0.197. The molecule has 1 aliphatic heterocycles. The highest BCUT2D eigenvalue weighted by molar-refractivity contribution is 8.05. The van der Waals surface area contributed by atoms with Gasteiger partial charge >= 0.3 is 0 Å². The third-order valence-electron chi connectivity index (χ3n) is 7.36. The molecule has 5 nitrogen and oxygen atoms in total. The van der Waals surface area contributed by atoms with Crippen molar-refractivity contribution >= 4 is 88.0 Å². The van der Waals surface area contributed by atoms with Crippen molar-refractivity contribution in [3.8, 4) is 33.4 Å². The van der Waals surface area contributed by atoms with Crippen LogP contribution in [0.15, 0.2) is 107 Å². The zero-order chi connectivity index (χ0) is 30.3. The van der Waals surface area contributed by atoms with Crippen LogP contribution in [-0.4, -0.2) is 16.8 Å². The minimum atomic E-state index is -4.71. The molecule has 6 aromatic rings. The number of fused-ring (bicyclic) bond motifs is 7. The lowest BCUT2D eigenvalue weighted by molar-refractivity contribution is 0.579. The summed E-state index contributed by atoms with van der Waals surface area (Å²) >= 11 is 25.4. The number of rotatable bonds is 2. The summed E-state index contributed by atoms with van der Waals surface area (Å²) in [5.41, 5.74) is 1.78. The van der Waals surface area contributed by atoms with E-state index in [2.05, 4.69) is 0 Å². The molecule has 214 valence electrons. The normalized spacial score (nSPS) is 15.2. The van der Waals surface area contributed by atoms with Gasteiger partial charge in [0.05, 0.1) is 9.79 Å². The topological polar surface area (TPSA) is 80.3 Å². The number of benzene rings is 6. The van der Waals surface area contributed by atoms with E-state index in [0.29, 0.717) is 52.8 Å². The van der Waals surface area contributed by atoms with E-state index in [1.807, 2.05) is 28.4 Å². The van der Waals surface area contributed by atoms with Crippen molar-refractivity contribution in [3.63, 3.8) is 0 Å². The first-order valence-corrected chi connectivity index (χ1v) is 17.2. The van der Waals surface area contributed by atoms with Crippen LogP contribution in [0.5, 0.6) is 0 Å². The van der Waals surface area contributed by atoms with Gasteiger partial charge in [-0.3, -0.25) is 0 Å². The molecule has 0 aliphatic carbocycles. The van der Waals surface area contributed by atoms with Crippen LogP contribution in [0.2, 0.25) is 20.1 Å². The Bertz CT molecular complexity index is 2200. The summed E-state index contributed by atoms with van der Waals surface area (Å²) in [7, 11) is -9.42. The molecule has 6 aromatic carbocycles. The molecule has 43 heavy (non-hydrogen) atoms. The summed E-state index contributed by atoms with van der Waals surface area (Å²) in [6.07, 6.45) is 0. The summed E-state index contributed by atoms with van der Waals surface area (Å²) in [6.45, 7) is 0. The molecule has 1 aliphatic rings. The van der Waals surface area contributed by atoms with Crippen LogP contribution >= 0.6 is 46.4 Å². The maximum absolute atomic E-state index is 14.3. The van der Waals surface area contributed by atoms with E-state index in [9.17, 15) is 16.8 Å². The molecule has 7 rings (SSSR count). The molecule has 0 amide bonds. The third-order valence-corrected chi connectivity index (χ3v) is 11.9. The monoisotopic (exact) mass is 683 g/mol. The smallest absolute Gasteiger partial charge is 0.206 e. The Kier molecular flexibility index (Phi) is 6.80. The average molecular weight is 685 g/mol. The maximum atomic E-state index is 14.3. The average Bonchev–Trinajstić information content (AvgIpc) is 3.00. The Morgan fingerprint density at radius 1 is 0.465 bits per heavy atom. The van der Waals surface area contributed by atoms with Gasteiger partial charge in [-0.15, -0.1) is 4.13 Å². The zero-order valence-electron chi connectivity index (χ0n) is 21.7. The molecule has 0 bridgehead atoms. The van der Waals surface area contributed by atoms with E-state index in [1.165, 1.54) is 12.1 Å². The van der Waals surface area contributed by atoms with Crippen molar-refractivity contribution in [2.45, 2.75) is 9.79 Å². The first kappa shape index (κ1) is 28.6. The standard InChI is InChI=1S/C32H17Cl4NO4S2/c33-21-9-19(10-22(34)15-21)27-13-17-5-1-3-7-25(17)29-30-26-8-4-2-6-18(26)14-28(20-11-23(35)16-24(36)12-20)32(30)43(40,41)37-42(38,39)31(27)29/h1-16,37H. The third kappa shape index (κ3) is 4.80. The van der Waals surface area contributed by atoms with Gasteiger partial charge in [0, 0.05) is 42.3 Å². The molecule has 1 heterocycles. The van der Waals surface area contributed by atoms with Crippen LogP contribution in [0.4, 0.5) is 0 Å². The lowest BCUT2D eigenvalue weighted by atomic mass is 9.88. The highest BCUT2D eigenvalue weighted by Crippen LogP contribution is 2.51. The van der Waals surface area contributed by atoms with E-state index in [0.717, 1.165) is 0 Å². The van der Waals surface area contributed by atoms with Crippen molar-refractivity contribution in [2.24, 2.45) is 0 Å². The summed E-state index contributed by atoms with van der Waals surface area (Å²) in [6, 6.07) is 27.3. The summed E-state index contributed by atoms with van der Waals surface area (Å²) < 4.78 is 59.1. The lowest BCUT2D eigenvalue weighted by Crippen LogP contribution is -2.30. The SMILES string of the molecule is O=S1(=O)NS(=O)(=O)c2c(-c3cc(Cl)cc(Cl)c3)cc3ccccc3c2-c2c1c(-c1cc(Cl)cc(Cl)c1)cc1ccccc21. The second kappa shape index (κ2) is 10.2.